The lowest BCUT2D eigenvalue weighted by molar-refractivity contribution is 0.670. The van der Waals surface area contributed by atoms with Crippen LogP contribution in [0.3, 0.4) is 0 Å². The molecule has 0 aliphatic carbocycles. The Hall–Kier alpha value is -5.80. The third-order valence-corrected chi connectivity index (χ3v) is 8.56. The minimum absolute atomic E-state index is 0.877. The van der Waals surface area contributed by atoms with E-state index in [1.54, 1.807) is 0 Å². The van der Waals surface area contributed by atoms with Gasteiger partial charge in [0.05, 0.1) is 16.7 Å². The Labute approximate surface area is 248 Å². The summed E-state index contributed by atoms with van der Waals surface area (Å²) in [6, 6.07) is 53.6. The molecular formula is C40H26N2O. The molecule has 0 atom stereocenters. The second-order valence-corrected chi connectivity index (χ2v) is 11.0. The van der Waals surface area contributed by atoms with E-state index in [1.165, 1.54) is 43.7 Å². The van der Waals surface area contributed by atoms with Gasteiger partial charge in [-0.25, -0.2) is 0 Å². The zero-order valence-corrected chi connectivity index (χ0v) is 23.3. The fourth-order valence-electron chi connectivity index (χ4n) is 6.67. The Morgan fingerprint density at radius 1 is 0.512 bits per heavy atom. The normalized spacial score (nSPS) is 11.7. The van der Waals surface area contributed by atoms with E-state index in [9.17, 15) is 0 Å². The summed E-state index contributed by atoms with van der Waals surface area (Å²) in [5.74, 6) is 0. The van der Waals surface area contributed by atoms with Crippen LogP contribution in [-0.2, 0) is 0 Å². The highest BCUT2D eigenvalue weighted by Gasteiger charge is 2.17. The molecule has 43 heavy (non-hydrogen) atoms. The summed E-state index contributed by atoms with van der Waals surface area (Å²) in [6.45, 7) is 0. The van der Waals surface area contributed by atoms with Crippen LogP contribution < -0.4 is 5.32 Å². The lowest BCUT2D eigenvalue weighted by Gasteiger charge is -2.11. The average molecular weight is 551 g/mol. The number of benzene rings is 7. The van der Waals surface area contributed by atoms with Gasteiger partial charge in [0.25, 0.3) is 0 Å². The summed E-state index contributed by atoms with van der Waals surface area (Å²) >= 11 is 0. The molecule has 0 fully saturated rings. The van der Waals surface area contributed by atoms with E-state index in [2.05, 4.69) is 149 Å². The Balaban J connectivity index is 1.17. The van der Waals surface area contributed by atoms with Gasteiger partial charge >= 0.3 is 0 Å². The molecule has 202 valence electrons. The summed E-state index contributed by atoms with van der Waals surface area (Å²) in [4.78, 5) is 0. The van der Waals surface area contributed by atoms with Crippen LogP contribution in [0.1, 0.15) is 0 Å². The topological polar surface area (TPSA) is 30.1 Å². The number of hydrogen-bond acceptors (Lipinski definition) is 2. The van der Waals surface area contributed by atoms with Crippen molar-refractivity contribution in [2.75, 3.05) is 5.32 Å². The zero-order valence-electron chi connectivity index (χ0n) is 23.3. The number of furan rings is 1. The molecule has 3 nitrogen and oxygen atoms in total. The molecule has 0 saturated heterocycles. The third-order valence-electron chi connectivity index (χ3n) is 8.56. The van der Waals surface area contributed by atoms with Crippen molar-refractivity contribution in [2.24, 2.45) is 0 Å². The highest BCUT2D eigenvalue weighted by Crippen LogP contribution is 2.41. The summed E-state index contributed by atoms with van der Waals surface area (Å²) < 4.78 is 8.78. The molecule has 0 radical (unpaired) electrons. The first-order chi connectivity index (χ1) is 21.3. The van der Waals surface area contributed by atoms with Crippen LogP contribution in [0.2, 0.25) is 0 Å². The van der Waals surface area contributed by atoms with Gasteiger partial charge in [0.1, 0.15) is 5.58 Å². The van der Waals surface area contributed by atoms with Crippen LogP contribution in [-0.4, -0.2) is 4.57 Å². The predicted octanol–water partition coefficient (Wildman–Crippen LogP) is 11.2. The fraction of sp³-hybridized carbons (Fsp3) is 0. The van der Waals surface area contributed by atoms with Gasteiger partial charge in [-0.2, -0.15) is 0 Å². The maximum atomic E-state index is 6.42. The largest absolute Gasteiger partial charge is 0.454 e. The highest BCUT2D eigenvalue weighted by molar-refractivity contribution is 6.22. The van der Waals surface area contributed by atoms with Gasteiger partial charge < -0.3 is 14.3 Å². The van der Waals surface area contributed by atoms with Gasteiger partial charge in [-0.15, -0.1) is 0 Å². The molecule has 9 aromatic rings. The first-order valence-corrected chi connectivity index (χ1v) is 14.6. The molecule has 7 aromatic carbocycles. The summed E-state index contributed by atoms with van der Waals surface area (Å²) in [6.07, 6.45) is 0. The number of anilines is 2. The Morgan fingerprint density at radius 3 is 2.07 bits per heavy atom. The molecule has 0 saturated carbocycles. The molecule has 0 unspecified atom stereocenters. The van der Waals surface area contributed by atoms with Crippen LogP contribution in [0.4, 0.5) is 11.4 Å². The minimum Gasteiger partial charge on any atom is -0.454 e. The van der Waals surface area contributed by atoms with E-state index >= 15 is 0 Å². The van der Waals surface area contributed by atoms with Crippen molar-refractivity contribution in [3.05, 3.63) is 152 Å². The maximum absolute atomic E-state index is 6.42. The van der Waals surface area contributed by atoms with E-state index in [-0.39, 0.29) is 0 Å². The number of para-hydroxylation sites is 3. The highest BCUT2D eigenvalue weighted by atomic mass is 16.3. The monoisotopic (exact) mass is 550 g/mol. The van der Waals surface area contributed by atoms with Crippen molar-refractivity contribution in [3.8, 4) is 16.8 Å². The quantitative estimate of drug-likeness (QED) is 0.236. The number of aromatic nitrogens is 1. The Bertz CT molecular complexity index is 2470. The van der Waals surface area contributed by atoms with Gasteiger partial charge in [-0.3, -0.25) is 0 Å². The Kier molecular flexibility index (Phi) is 5.20. The van der Waals surface area contributed by atoms with E-state index in [4.69, 9.17) is 4.42 Å². The lowest BCUT2D eigenvalue weighted by Crippen LogP contribution is -1.93. The van der Waals surface area contributed by atoms with Gasteiger partial charge in [0.15, 0.2) is 5.58 Å². The first kappa shape index (κ1) is 23.9. The van der Waals surface area contributed by atoms with Crippen molar-refractivity contribution in [1.82, 2.24) is 4.57 Å². The zero-order chi connectivity index (χ0) is 28.3. The maximum Gasteiger partial charge on any atom is 0.159 e. The van der Waals surface area contributed by atoms with Crippen LogP contribution in [0.25, 0.3) is 71.3 Å². The Morgan fingerprint density at radius 2 is 1.21 bits per heavy atom. The standard InChI is InChI=1S/C40H26N2O/c1-2-12-29(13-3-1)42-35-18-8-6-15-32(35)38-30(17-10-19-36(38)42)26-21-23-28(24-22-26)41-34-25-27-11-4-5-14-31(27)39-33-16-7-9-20-37(33)43-40(34)39/h1-25,41H. The fourth-order valence-corrected chi connectivity index (χ4v) is 6.67. The van der Waals surface area contributed by atoms with Crippen LogP contribution >= 0.6 is 0 Å². The van der Waals surface area contributed by atoms with Gasteiger partial charge in [0, 0.05) is 32.9 Å². The smallest absolute Gasteiger partial charge is 0.159 e. The second-order valence-electron chi connectivity index (χ2n) is 11.0. The summed E-state index contributed by atoms with van der Waals surface area (Å²) in [5.41, 5.74) is 9.73. The molecule has 2 heterocycles. The minimum atomic E-state index is 0.877. The van der Waals surface area contributed by atoms with Crippen LogP contribution in [0, 0.1) is 0 Å². The third kappa shape index (κ3) is 3.68. The molecule has 0 aliphatic rings. The molecule has 3 heteroatoms. The van der Waals surface area contributed by atoms with Crippen LogP contribution in [0.15, 0.2) is 156 Å². The van der Waals surface area contributed by atoms with Gasteiger partial charge in [-0.1, -0.05) is 103 Å². The van der Waals surface area contributed by atoms with Gasteiger partial charge in [0.2, 0.25) is 0 Å². The first-order valence-electron chi connectivity index (χ1n) is 14.6. The van der Waals surface area contributed by atoms with Gasteiger partial charge in [-0.05, 0) is 70.4 Å². The van der Waals surface area contributed by atoms with Crippen molar-refractivity contribution >= 4 is 65.9 Å². The molecule has 0 spiro atoms. The second kappa shape index (κ2) is 9.37. The molecule has 0 bridgehead atoms. The molecular weight excluding hydrogens is 524 g/mol. The van der Waals surface area contributed by atoms with E-state index in [0.717, 1.165) is 39.0 Å². The summed E-state index contributed by atoms with van der Waals surface area (Å²) in [7, 11) is 0. The molecule has 0 aliphatic heterocycles. The SMILES string of the molecule is c1ccc(-n2c3ccccc3c3c(-c4ccc(Nc5cc6ccccc6c6c5oc5ccccc56)cc4)cccc32)cc1. The molecule has 0 amide bonds. The molecule has 2 aromatic heterocycles. The number of fused-ring (bicyclic) bond motifs is 8. The number of nitrogens with zero attached hydrogens (tertiary/aromatic N) is 1. The number of rotatable bonds is 4. The molecule has 1 N–H and O–H groups in total. The molecule has 9 rings (SSSR count). The van der Waals surface area contributed by atoms with E-state index in [0.29, 0.717) is 0 Å². The summed E-state index contributed by atoms with van der Waals surface area (Å²) in [5, 5.41) is 10.9. The van der Waals surface area contributed by atoms with Crippen LogP contribution in [0.5, 0.6) is 0 Å². The average Bonchev–Trinajstić information content (AvgIpc) is 3.63. The van der Waals surface area contributed by atoms with E-state index in [1.807, 2.05) is 12.1 Å². The lowest BCUT2D eigenvalue weighted by atomic mass is 9.99. The van der Waals surface area contributed by atoms with Crippen molar-refractivity contribution in [1.29, 1.82) is 0 Å². The predicted molar refractivity (Wildman–Crippen MR) is 181 cm³/mol. The van der Waals surface area contributed by atoms with Crippen molar-refractivity contribution in [2.45, 2.75) is 0 Å². The van der Waals surface area contributed by atoms with Crippen molar-refractivity contribution in [3.63, 3.8) is 0 Å². The van der Waals surface area contributed by atoms with Crippen molar-refractivity contribution < 1.29 is 4.42 Å². The number of hydrogen-bond donors (Lipinski definition) is 1. The number of nitrogens with one attached hydrogen (secondary N) is 1. The van der Waals surface area contributed by atoms with E-state index < -0.39 is 0 Å².